The quantitative estimate of drug-likeness (QED) is 0.837. The molecule has 1 saturated carbocycles. The molecule has 1 aromatic carbocycles. The number of rotatable bonds is 6. The Morgan fingerprint density at radius 3 is 2.92 bits per heavy atom. The molecule has 24 heavy (non-hydrogen) atoms. The highest BCUT2D eigenvalue weighted by molar-refractivity contribution is 7.09. The zero-order valence-electron chi connectivity index (χ0n) is 13.7. The molecule has 0 bridgehead atoms. The maximum absolute atomic E-state index is 12.2. The number of ether oxygens (including phenoxy) is 1. The van der Waals surface area contributed by atoms with Crippen molar-refractivity contribution < 1.29 is 9.53 Å². The molecule has 0 atom stereocenters. The Hall–Kier alpha value is -1.76. The third-order valence-corrected chi connectivity index (χ3v) is 5.05. The third-order valence-electron chi connectivity index (χ3n) is 4.18. The van der Waals surface area contributed by atoms with Crippen LogP contribution in [-0.2, 0) is 17.9 Å². The summed E-state index contributed by atoms with van der Waals surface area (Å²) in [7, 11) is 0. The molecule has 1 fully saturated rings. The smallest absolute Gasteiger partial charge is 0.275 e. The normalized spacial score (nSPS) is 15.4. The van der Waals surface area contributed by atoms with Crippen LogP contribution in [0.15, 0.2) is 29.6 Å². The van der Waals surface area contributed by atoms with E-state index in [1.807, 2.05) is 24.3 Å². The van der Waals surface area contributed by atoms with E-state index in [0.717, 1.165) is 29.1 Å². The summed E-state index contributed by atoms with van der Waals surface area (Å²) in [6, 6.07) is 7.78. The number of hydrogen-bond donors (Lipinski definition) is 2. The molecule has 2 aromatic rings. The highest BCUT2D eigenvalue weighted by Gasteiger charge is 2.14. The van der Waals surface area contributed by atoms with Crippen LogP contribution in [0.2, 0.25) is 0 Å². The fraction of sp³-hybridized carbons (Fsp3) is 0.444. The van der Waals surface area contributed by atoms with E-state index in [2.05, 4.69) is 10.3 Å². The average molecular weight is 345 g/mol. The van der Waals surface area contributed by atoms with Gasteiger partial charge in [0.15, 0.2) is 0 Å². The first-order valence-corrected chi connectivity index (χ1v) is 9.29. The Morgan fingerprint density at radius 1 is 1.33 bits per heavy atom. The van der Waals surface area contributed by atoms with Gasteiger partial charge in [0.2, 0.25) is 0 Å². The van der Waals surface area contributed by atoms with Gasteiger partial charge in [0.1, 0.15) is 10.7 Å². The van der Waals surface area contributed by atoms with Gasteiger partial charge in [-0.3, -0.25) is 4.79 Å². The van der Waals surface area contributed by atoms with Crippen LogP contribution in [0.25, 0.3) is 0 Å². The van der Waals surface area contributed by atoms with Crippen LogP contribution < -0.4 is 11.1 Å². The molecule has 0 spiro atoms. The van der Waals surface area contributed by atoms with Crippen molar-refractivity contribution in [2.24, 2.45) is 5.73 Å². The summed E-state index contributed by atoms with van der Waals surface area (Å²) in [5, 5.41) is 5.37. The van der Waals surface area contributed by atoms with Crippen molar-refractivity contribution in [2.45, 2.75) is 51.4 Å². The van der Waals surface area contributed by atoms with Crippen molar-refractivity contribution in [3.8, 4) is 0 Å². The summed E-state index contributed by atoms with van der Waals surface area (Å²) in [5.74, 6) is -0.212. The van der Waals surface area contributed by atoms with Gasteiger partial charge < -0.3 is 15.8 Å². The lowest BCUT2D eigenvalue weighted by molar-refractivity contribution is 0.0169. The first kappa shape index (κ1) is 17.1. The zero-order valence-corrected chi connectivity index (χ0v) is 14.5. The standard InChI is InChI=1S/C18H23N3O2S/c19-10-17-21-16(12-24-17)18(22)20-14-6-4-5-13(9-14)11-23-15-7-2-1-3-8-15/h4-6,9,12,15H,1-3,7-8,10-11,19H2,(H,20,22). The van der Waals surface area contributed by atoms with E-state index in [4.69, 9.17) is 10.5 Å². The number of carbonyl (C=O) groups is 1. The third kappa shape index (κ3) is 4.63. The number of nitrogens with two attached hydrogens (primary N) is 1. The molecule has 1 aromatic heterocycles. The van der Waals surface area contributed by atoms with Gasteiger partial charge in [-0.1, -0.05) is 31.4 Å². The summed E-state index contributed by atoms with van der Waals surface area (Å²) in [5.41, 5.74) is 7.76. The predicted molar refractivity (Wildman–Crippen MR) is 96.1 cm³/mol. The average Bonchev–Trinajstić information content (AvgIpc) is 3.11. The van der Waals surface area contributed by atoms with Crippen molar-refractivity contribution in [2.75, 3.05) is 5.32 Å². The maximum Gasteiger partial charge on any atom is 0.275 e. The number of nitrogens with one attached hydrogen (secondary N) is 1. The fourth-order valence-electron chi connectivity index (χ4n) is 2.89. The number of amides is 1. The van der Waals surface area contributed by atoms with Crippen LogP contribution in [0.4, 0.5) is 5.69 Å². The molecular formula is C18H23N3O2S. The molecule has 3 rings (SSSR count). The minimum Gasteiger partial charge on any atom is -0.374 e. The number of benzene rings is 1. The number of carbonyl (C=O) groups excluding carboxylic acids is 1. The molecule has 1 amide bonds. The van der Waals surface area contributed by atoms with E-state index in [0.29, 0.717) is 24.9 Å². The lowest BCUT2D eigenvalue weighted by Gasteiger charge is -2.22. The Morgan fingerprint density at radius 2 is 2.17 bits per heavy atom. The van der Waals surface area contributed by atoms with Crippen molar-refractivity contribution >= 4 is 22.9 Å². The Bertz CT molecular complexity index is 680. The molecule has 1 heterocycles. The Balaban J connectivity index is 1.57. The molecule has 5 nitrogen and oxygen atoms in total. The van der Waals surface area contributed by atoms with Gasteiger partial charge in [-0.25, -0.2) is 4.98 Å². The molecule has 0 aliphatic heterocycles. The lowest BCUT2D eigenvalue weighted by atomic mass is 9.98. The van der Waals surface area contributed by atoms with Crippen molar-refractivity contribution in [1.29, 1.82) is 0 Å². The molecule has 0 unspecified atom stereocenters. The first-order valence-electron chi connectivity index (χ1n) is 8.41. The molecule has 1 aliphatic rings. The second-order valence-corrected chi connectivity index (χ2v) is 7.00. The molecular weight excluding hydrogens is 322 g/mol. The molecule has 1 aliphatic carbocycles. The van der Waals surface area contributed by atoms with Gasteiger partial charge in [0.05, 0.1) is 12.7 Å². The van der Waals surface area contributed by atoms with Crippen molar-refractivity contribution in [1.82, 2.24) is 4.98 Å². The molecule has 0 radical (unpaired) electrons. The highest BCUT2D eigenvalue weighted by atomic mass is 32.1. The summed E-state index contributed by atoms with van der Waals surface area (Å²) < 4.78 is 5.99. The van der Waals surface area contributed by atoms with Gasteiger partial charge >= 0.3 is 0 Å². The number of nitrogens with zero attached hydrogens (tertiary/aromatic N) is 1. The van der Waals surface area contributed by atoms with E-state index >= 15 is 0 Å². The van der Waals surface area contributed by atoms with E-state index < -0.39 is 0 Å². The van der Waals surface area contributed by atoms with E-state index in [1.165, 1.54) is 30.6 Å². The summed E-state index contributed by atoms with van der Waals surface area (Å²) in [4.78, 5) is 16.4. The second-order valence-electron chi connectivity index (χ2n) is 6.06. The lowest BCUT2D eigenvalue weighted by Crippen LogP contribution is -2.16. The highest BCUT2D eigenvalue weighted by Crippen LogP contribution is 2.22. The van der Waals surface area contributed by atoms with Crippen LogP contribution in [0.1, 0.15) is 53.2 Å². The summed E-state index contributed by atoms with van der Waals surface area (Å²) in [6.45, 7) is 0.939. The SMILES string of the molecule is NCc1nc(C(=O)Nc2cccc(COC3CCCCC3)c2)cs1. The Labute approximate surface area is 146 Å². The summed E-state index contributed by atoms with van der Waals surface area (Å²) >= 11 is 1.40. The predicted octanol–water partition coefficient (Wildman–Crippen LogP) is 3.70. The van der Waals surface area contributed by atoms with Crippen LogP contribution in [0.5, 0.6) is 0 Å². The fourth-order valence-corrected chi connectivity index (χ4v) is 3.54. The molecule has 0 saturated heterocycles. The van der Waals surface area contributed by atoms with Gasteiger partial charge in [0, 0.05) is 17.6 Å². The number of hydrogen-bond acceptors (Lipinski definition) is 5. The largest absolute Gasteiger partial charge is 0.374 e. The monoisotopic (exact) mass is 345 g/mol. The van der Waals surface area contributed by atoms with Crippen LogP contribution in [0, 0.1) is 0 Å². The number of anilines is 1. The van der Waals surface area contributed by atoms with Crippen LogP contribution >= 0.6 is 11.3 Å². The van der Waals surface area contributed by atoms with Crippen molar-refractivity contribution in [3.63, 3.8) is 0 Å². The van der Waals surface area contributed by atoms with E-state index in [1.54, 1.807) is 5.38 Å². The summed E-state index contributed by atoms with van der Waals surface area (Å²) in [6.07, 6.45) is 6.54. The Kier molecular flexibility index (Phi) is 5.96. The van der Waals surface area contributed by atoms with Gasteiger partial charge in [-0.05, 0) is 30.5 Å². The number of thiazole rings is 1. The molecule has 128 valence electrons. The number of aromatic nitrogens is 1. The van der Waals surface area contributed by atoms with Gasteiger partial charge in [0.25, 0.3) is 5.91 Å². The topological polar surface area (TPSA) is 77.2 Å². The van der Waals surface area contributed by atoms with Crippen LogP contribution in [0.3, 0.4) is 0 Å². The van der Waals surface area contributed by atoms with Gasteiger partial charge in [-0.2, -0.15) is 0 Å². The minimum absolute atomic E-state index is 0.212. The molecule has 6 heteroatoms. The zero-order chi connectivity index (χ0) is 16.8. The van der Waals surface area contributed by atoms with Crippen LogP contribution in [-0.4, -0.2) is 17.0 Å². The second kappa shape index (κ2) is 8.37. The first-order chi connectivity index (χ1) is 11.7. The van der Waals surface area contributed by atoms with E-state index in [9.17, 15) is 4.79 Å². The van der Waals surface area contributed by atoms with Gasteiger partial charge in [-0.15, -0.1) is 11.3 Å². The van der Waals surface area contributed by atoms with E-state index in [-0.39, 0.29) is 5.91 Å². The van der Waals surface area contributed by atoms with Crippen molar-refractivity contribution in [3.05, 3.63) is 45.9 Å². The molecule has 3 N–H and O–H groups in total. The maximum atomic E-state index is 12.2. The minimum atomic E-state index is -0.212.